The summed E-state index contributed by atoms with van der Waals surface area (Å²) in [5.74, 6) is 1.24. The van der Waals surface area contributed by atoms with Crippen molar-refractivity contribution in [3.05, 3.63) is 0 Å². The third kappa shape index (κ3) is 2.04. The fourth-order valence-corrected chi connectivity index (χ4v) is 3.86. The molecule has 3 saturated carbocycles. The Morgan fingerprint density at radius 2 is 1.81 bits per heavy atom. The van der Waals surface area contributed by atoms with E-state index >= 15 is 0 Å². The van der Waals surface area contributed by atoms with E-state index in [2.05, 4.69) is 0 Å². The molecule has 0 saturated heterocycles. The molecule has 0 amide bonds. The molecule has 90 valence electrons. The lowest BCUT2D eigenvalue weighted by Crippen LogP contribution is -2.49. The molecule has 0 aromatic heterocycles. The summed E-state index contributed by atoms with van der Waals surface area (Å²) in [7, 11) is 0. The second kappa shape index (κ2) is 4.14. The molecule has 0 heterocycles. The quantitative estimate of drug-likeness (QED) is 0.733. The molecular weight excluding hydrogens is 200 g/mol. The van der Waals surface area contributed by atoms with E-state index in [0.717, 1.165) is 25.4 Å². The van der Waals surface area contributed by atoms with Gasteiger partial charge in [-0.1, -0.05) is 19.3 Å². The van der Waals surface area contributed by atoms with Crippen LogP contribution in [0.2, 0.25) is 0 Å². The second-order valence-corrected chi connectivity index (χ2v) is 6.26. The number of hydrogen-bond donors (Lipinski definition) is 0. The van der Waals surface area contributed by atoms with Crippen molar-refractivity contribution in [2.75, 3.05) is 6.61 Å². The van der Waals surface area contributed by atoms with Crippen LogP contribution in [0.5, 0.6) is 0 Å². The summed E-state index contributed by atoms with van der Waals surface area (Å²) in [4.78, 5) is 11.0. The van der Waals surface area contributed by atoms with E-state index in [0.29, 0.717) is 17.3 Å². The highest BCUT2D eigenvalue weighted by Crippen LogP contribution is 2.57. The highest BCUT2D eigenvalue weighted by Gasteiger charge is 2.52. The number of carbonyl (C=O) groups excluding carboxylic acids is 1. The van der Waals surface area contributed by atoms with E-state index in [1.807, 2.05) is 0 Å². The van der Waals surface area contributed by atoms with E-state index in [-0.39, 0.29) is 0 Å². The van der Waals surface area contributed by atoms with Crippen molar-refractivity contribution in [2.45, 2.75) is 63.9 Å². The number of Topliss-reactive ketones (excluding diaryl/α,β-unsaturated/α-hetero) is 1. The zero-order chi connectivity index (χ0) is 11.0. The fourth-order valence-electron chi connectivity index (χ4n) is 3.86. The largest absolute Gasteiger partial charge is 0.378 e. The van der Waals surface area contributed by atoms with Crippen LogP contribution in [0.25, 0.3) is 0 Å². The predicted molar refractivity (Wildman–Crippen MR) is 62.2 cm³/mol. The number of ketones is 1. The molecule has 0 radical (unpaired) electrons. The average molecular weight is 222 g/mol. The van der Waals surface area contributed by atoms with Gasteiger partial charge in [-0.3, -0.25) is 4.79 Å². The van der Waals surface area contributed by atoms with Gasteiger partial charge in [0.05, 0.1) is 6.10 Å². The molecule has 3 fully saturated rings. The highest BCUT2D eigenvalue weighted by molar-refractivity contribution is 5.86. The zero-order valence-electron chi connectivity index (χ0n) is 10.0. The van der Waals surface area contributed by atoms with E-state index in [9.17, 15) is 4.79 Å². The van der Waals surface area contributed by atoms with Crippen molar-refractivity contribution < 1.29 is 9.53 Å². The normalized spacial score (nSPS) is 30.1. The van der Waals surface area contributed by atoms with Crippen LogP contribution in [0, 0.1) is 11.3 Å². The Morgan fingerprint density at radius 3 is 2.44 bits per heavy atom. The highest BCUT2D eigenvalue weighted by atomic mass is 16.5. The minimum absolute atomic E-state index is 0.456. The molecule has 0 aliphatic heterocycles. The molecule has 0 N–H and O–H groups in total. The molecule has 0 atom stereocenters. The van der Waals surface area contributed by atoms with Crippen LogP contribution in [0.4, 0.5) is 0 Å². The lowest BCUT2D eigenvalue weighted by molar-refractivity contribution is -0.146. The van der Waals surface area contributed by atoms with Crippen molar-refractivity contribution >= 4 is 5.78 Å². The van der Waals surface area contributed by atoms with Gasteiger partial charge in [0.25, 0.3) is 0 Å². The minimum Gasteiger partial charge on any atom is -0.378 e. The molecule has 3 aliphatic rings. The summed E-state index contributed by atoms with van der Waals surface area (Å²) in [6.45, 7) is 0.959. The first kappa shape index (κ1) is 10.8. The lowest BCUT2D eigenvalue weighted by atomic mass is 9.51. The molecular formula is C14H22O2. The van der Waals surface area contributed by atoms with Crippen LogP contribution < -0.4 is 0 Å². The van der Waals surface area contributed by atoms with Crippen LogP contribution >= 0.6 is 0 Å². The molecule has 0 unspecified atom stereocenters. The smallest absolute Gasteiger partial charge is 0.134 e. The number of hydrogen-bond acceptors (Lipinski definition) is 2. The molecule has 0 aromatic carbocycles. The molecule has 2 nitrogen and oxygen atoms in total. The monoisotopic (exact) mass is 222 g/mol. The van der Waals surface area contributed by atoms with Crippen LogP contribution in [0.15, 0.2) is 0 Å². The summed E-state index contributed by atoms with van der Waals surface area (Å²) >= 11 is 0. The van der Waals surface area contributed by atoms with Gasteiger partial charge in [0.1, 0.15) is 5.78 Å². The van der Waals surface area contributed by atoms with Gasteiger partial charge in [0.2, 0.25) is 0 Å². The summed E-state index contributed by atoms with van der Waals surface area (Å²) in [6, 6.07) is 0. The van der Waals surface area contributed by atoms with Gasteiger partial charge in [-0.05, 0) is 37.0 Å². The van der Waals surface area contributed by atoms with Gasteiger partial charge >= 0.3 is 0 Å². The summed E-state index contributed by atoms with van der Waals surface area (Å²) in [5, 5.41) is 0. The maximum absolute atomic E-state index is 11.0. The maximum Gasteiger partial charge on any atom is 0.134 e. The fraction of sp³-hybridized carbons (Fsp3) is 0.929. The second-order valence-electron chi connectivity index (χ2n) is 6.26. The van der Waals surface area contributed by atoms with E-state index in [1.165, 1.54) is 44.9 Å². The van der Waals surface area contributed by atoms with Gasteiger partial charge in [0, 0.05) is 19.4 Å². The first-order valence-electron chi connectivity index (χ1n) is 6.89. The first-order valence-corrected chi connectivity index (χ1v) is 6.89. The zero-order valence-corrected chi connectivity index (χ0v) is 10.0. The van der Waals surface area contributed by atoms with Gasteiger partial charge in [-0.2, -0.15) is 0 Å². The lowest BCUT2D eigenvalue weighted by Gasteiger charge is -2.53. The summed E-state index contributed by atoms with van der Waals surface area (Å²) in [6.07, 6.45) is 11.5. The van der Waals surface area contributed by atoms with Crippen molar-refractivity contribution in [1.29, 1.82) is 0 Å². The summed E-state index contributed by atoms with van der Waals surface area (Å²) < 4.78 is 5.99. The number of ether oxygens (including phenoxy) is 1. The first-order chi connectivity index (χ1) is 7.76. The van der Waals surface area contributed by atoms with Gasteiger partial charge < -0.3 is 4.74 Å². The molecule has 1 spiro atoms. The van der Waals surface area contributed by atoms with Gasteiger partial charge in [-0.25, -0.2) is 0 Å². The SMILES string of the molecule is O=C1CC2(C1)CC(COC1CCCCC1)C2. The average Bonchev–Trinajstić information content (AvgIpc) is 2.21. The van der Waals surface area contributed by atoms with Gasteiger partial charge in [0.15, 0.2) is 0 Å². The summed E-state index contributed by atoms with van der Waals surface area (Å²) in [5.41, 5.74) is 0.456. The van der Waals surface area contributed by atoms with Crippen LogP contribution in [-0.2, 0) is 9.53 Å². The van der Waals surface area contributed by atoms with Crippen molar-refractivity contribution in [3.8, 4) is 0 Å². The van der Waals surface area contributed by atoms with Crippen molar-refractivity contribution in [1.82, 2.24) is 0 Å². The van der Waals surface area contributed by atoms with E-state index < -0.39 is 0 Å². The number of carbonyl (C=O) groups is 1. The predicted octanol–water partition coefficient (Wildman–Crippen LogP) is 3.10. The third-order valence-electron chi connectivity index (χ3n) is 4.71. The molecule has 0 aromatic rings. The Labute approximate surface area is 97.7 Å². The van der Waals surface area contributed by atoms with Crippen LogP contribution in [0.1, 0.15) is 57.8 Å². The molecule has 3 rings (SSSR count). The third-order valence-corrected chi connectivity index (χ3v) is 4.71. The topological polar surface area (TPSA) is 26.3 Å². The van der Waals surface area contributed by atoms with E-state index in [1.54, 1.807) is 0 Å². The Hall–Kier alpha value is -0.370. The van der Waals surface area contributed by atoms with Gasteiger partial charge in [-0.15, -0.1) is 0 Å². The number of rotatable bonds is 3. The molecule has 0 bridgehead atoms. The Bertz CT molecular complexity index is 262. The molecule has 3 aliphatic carbocycles. The van der Waals surface area contributed by atoms with Crippen LogP contribution in [0.3, 0.4) is 0 Å². The van der Waals surface area contributed by atoms with Crippen LogP contribution in [-0.4, -0.2) is 18.5 Å². The Morgan fingerprint density at radius 1 is 1.12 bits per heavy atom. The van der Waals surface area contributed by atoms with Crippen molar-refractivity contribution in [3.63, 3.8) is 0 Å². The Kier molecular flexibility index (Phi) is 2.78. The maximum atomic E-state index is 11.0. The Balaban J connectivity index is 1.34. The minimum atomic E-state index is 0.456. The van der Waals surface area contributed by atoms with E-state index in [4.69, 9.17) is 4.74 Å². The molecule has 2 heteroatoms. The molecule has 16 heavy (non-hydrogen) atoms. The standard InChI is InChI=1S/C14H22O2/c15-12-8-14(9-12)6-11(7-14)10-16-13-4-2-1-3-5-13/h11,13H,1-10H2. The van der Waals surface area contributed by atoms with Crippen molar-refractivity contribution in [2.24, 2.45) is 11.3 Å².